The average molecular weight is 482 g/mol. The standard InChI is InChI=1S/C22H43NO6S2/c1-11-31(10,22(7,8)9)29-17-14-23(19(24)28-21(4,5)6)13-12-18(17)30-15-26-20(25)27-16(2)3/h16-18H,11-15H2,1-10H3. The van der Waals surface area contributed by atoms with Gasteiger partial charge in [0.1, 0.15) is 11.5 Å². The second kappa shape index (κ2) is 11.4. The van der Waals surface area contributed by atoms with Gasteiger partial charge >= 0.3 is 12.2 Å². The number of piperidine rings is 1. The zero-order valence-electron chi connectivity index (χ0n) is 21.0. The number of nitrogens with zero attached hydrogens (tertiary/aromatic N) is 1. The second-order valence-electron chi connectivity index (χ2n) is 10.1. The molecule has 0 saturated carbocycles. The second-order valence-corrected chi connectivity index (χ2v) is 15.3. The molecular weight excluding hydrogens is 438 g/mol. The van der Waals surface area contributed by atoms with Crippen molar-refractivity contribution in [2.75, 3.05) is 31.0 Å². The number of amides is 1. The highest BCUT2D eigenvalue weighted by Gasteiger charge is 2.41. The first-order valence-electron chi connectivity index (χ1n) is 10.9. The lowest BCUT2D eigenvalue weighted by Crippen LogP contribution is -2.51. The number of likely N-dealkylation sites (tertiary alicyclic amines) is 1. The minimum absolute atomic E-state index is 0.00271. The first-order valence-corrected chi connectivity index (χ1v) is 14.1. The maximum absolute atomic E-state index is 12.7. The number of hydrogen-bond donors (Lipinski definition) is 0. The molecule has 0 aromatic heterocycles. The third-order valence-electron chi connectivity index (χ3n) is 5.12. The van der Waals surface area contributed by atoms with Crippen LogP contribution in [0, 0.1) is 0 Å². The van der Waals surface area contributed by atoms with Crippen LogP contribution < -0.4 is 0 Å². The predicted octanol–water partition coefficient (Wildman–Crippen LogP) is 5.80. The largest absolute Gasteiger partial charge is 0.509 e. The highest BCUT2D eigenvalue weighted by molar-refractivity contribution is 8.30. The average Bonchev–Trinajstić information content (AvgIpc) is 2.59. The van der Waals surface area contributed by atoms with Gasteiger partial charge in [-0.3, -0.25) is 0 Å². The van der Waals surface area contributed by atoms with E-state index in [1.807, 2.05) is 20.8 Å². The molecule has 3 unspecified atom stereocenters. The van der Waals surface area contributed by atoms with Gasteiger partial charge in [-0.2, -0.15) is 0 Å². The predicted molar refractivity (Wildman–Crippen MR) is 130 cm³/mol. The van der Waals surface area contributed by atoms with Gasteiger partial charge in [0.2, 0.25) is 0 Å². The number of carbonyl (C=O) groups excluding carboxylic acids is 2. The number of thioether (sulfide) groups is 1. The highest BCUT2D eigenvalue weighted by atomic mass is 32.3. The molecule has 3 atom stereocenters. The molecule has 9 heteroatoms. The number of ether oxygens (including phenoxy) is 3. The van der Waals surface area contributed by atoms with Crippen LogP contribution in [0.3, 0.4) is 0 Å². The van der Waals surface area contributed by atoms with Crippen molar-refractivity contribution in [3.63, 3.8) is 0 Å². The van der Waals surface area contributed by atoms with E-state index in [1.165, 1.54) is 11.8 Å². The normalized spacial score (nSPS) is 23.1. The fourth-order valence-electron chi connectivity index (χ4n) is 2.98. The SMILES string of the molecule is CCS(C)(OC1CN(C(=O)OC(C)(C)C)CCC1SCOC(=O)OC(C)C)C(C)(C)C. The minimum Gasteiger partial charge on any atom is -0.444 e. The molecule has 0 aromatic carbocycles. The Morgan fingerprint density at radius 3 is 2.26 bits per heavy atom. The zero-order chi connectivity index (χ0) is 24.0. The third kappa shape index (κ3) is 9.30. The van der Waals surface area contributed by atoms with Crippen molar-refractivity contribution in [2.45, 2.75) is 96.5 Å². The van der Waals surface area contributed by atoms with Gasteiger partial charge in [0.25, 0.3) is 0 Å². The van der Waals surface area contributed by atoms with Crippen LogP contribution in [0.4, 0.5) is 9.59 Å². The molecule has 0 aromatic rings. The van der Waals surface area contributed by atoms with E-state index in [0.717, 1.165) is 12.2 Å². The summed E-state index contributed by atoms with van der Waals surface area (Å²) < 4.78 is 22.6. The van der Waals surface area contributed by atoms with Crippen LogP contribution in [0.1, 0.15) is 68.7 Å². The zero-order valence-corrected chi connectivity index (χ0v) is 22.6. The first kappa shape index (κ1) is 28.2. The molecule has 0 N–H and O–H groups in total. The number of rotatable bonds is 7. The van der Waals surface area contributed by atoms with Gasteiger partial charge in [0, 0.05) is 16.5 Å². The lowest BCUT2D eigenvalue weighted by molar-refractivity contribution is 0.0101. The molecule has 0 spiro atoms. The summed E-state index contributed by atoms with van der Waals surface area (Å²) in [6.45, 7) is 19.0. The smallest absolute Gasteiger partial charge is 0.444 e. The minimum atomic E-state index is -1.39. The summed E-state index contributed by atoms with van der Waals surface area (Å²) in [5.74, 6) is 1.12. The van der Waals surface area contributed by atoms with Crippen LogP contribution in [-0.4, -0.2) is 76.0 Å². The van der Waals surface area contributed by atoms with Crippen LogP contribution in [0.25, 0.3) is 0 Å². The Labute approximate surface area is 194 Å². The van der Waals surface area contributed by atoms with Crippen LogP contribution >= 0.6 is 22.1 Å². The van der Waals surface area contributed by atoms with Crippen molar-refractivity contribution < 1.29 is 28.0 Å². The van der Waals surface area contributed by atoms with E-state index < -0.39 is 22.1 Å². The van der Waals surface area contributed by atoms with E-state index in [0.29, 0.717) is 13.1 Å². The van der Waals surface area contributed by atoms with Crippen molar-refractivity contribution in [2.24, 2.45) is 0 Å². The van der Waals surface area contributed by atoms with E-state index in [2.05, 4.69) is 34.0 Å². The Morgan fingerprint density at radius 2 is 1.77 bits per heavy atom. The van der Waals surface area contributed by atoms with E-state index >= 15 is 0 Å². The summed E-state index contributed by atoms with van der Waals surface area (Å²) in [4.78, 5) is 26.1. The lowest BCUT2D eigenvalue weighted by atomic mass is 10.1. The van der Waals surface area contributed by atoms with E-state index in [4.69, 9.17) is 18.4 Å². The quantitative estimate of drug-likeness (QED) is 0.336. The summed E-state index contributed by atoms with van der Waals surface area (Å²) in [7, 11) is -1.39. The molecule has 1 fully saturated rings. The summed E-state index contributed by atoms with van der Waals surface area (Å²) in [5, 5.41) is 0.103. The Bertz CT molecular complexity index is 602. The molecule has 1 amide bonds. The molecule has 1 rings (SSSR count). The van der Waals surface area contributed by atoms with Gasteiger partial charge in [0.15, 0.2) is 0 Å². The summed E-state index contributed by atoms with van der Waals surface area (Å²) in [6.07, 6.45) is 1.58. The molecule has 184 valence electrons. The van der Waals surface area contributed by atoms with Gasteiger partial charge in [-0.05, 0) is 53.0 Å². The first-order chi connectivity index (χ1) is 14.1. The third-order valence-corrected chi connectivity index (χ3v) is 10.7. The molecule has 0 aliphatic carbocycles. The molecular formula is C22H43NO6S2. The fourth-order valence-corrected chi connectivity index (χ4v) is 6.05. The monoisotopic (exact) mass is 481 g/mol. The van der Waals surface area contributed by atoms with Crippen LogP contribution in [0.5, 0.6) is 0 Å². The van der Waals surface area contributed by atoms with E-state index in [1.54, 1.807) is 18.7 Å². The molecule has 0 bridgehead atoms. The van der Waals surface area contributed by atoms with Gasteiger partial charge in [0.05, 0.1) is 18.8 Å². The maximum Gasteiger partial charge on any atom is 0.509 e. The van der Waals surface area contributed by atoms with Crippen LogP contribution in [0.2, 0.25) is 0 Å². The van der Waals surface area contributed by atoms with Crippen LogP contribution in [0.15, 0.2) is 0 Å². The maximum atomic E-state index is 12.7. The fraction of sp³-hybridized carbons (Fsp3) is 0.909. The van der Waals surface area contributed by atoms with Crippen LogP contribution in [-0.2, 0) is 18.4 Å². The van der Waals surface area contributed by atoms with Gasteiger partial charge in [-0.1, -0.05) is 27.7 Å². The molecule has 0 radical (unpaired) electrons. The van der Waals surface area contributed by atoms with Gasteiger partial charge in [-0.25, -0.2) is 9.59 Å². The van der Waals surface area contributed by atoms with Crippen molar-refractivity contribution in [3.8, 4) is 0 Å². The number of carbonyl (C=O) groups is 2. The Kier molecular flexibility index (Phi) is 10.4. The van der Waals surface area contributed by atoms with E-state index in [9.17, 15) is 9.59 Å². The molecule has 1 aliphatic rings. The van der Waals surface area contributed by atoms with Crippen molar-refractivity contribution in [1.82, 2.24) is 4.90 Å². The molecule has 1 saturated heterocycles. The summed E-state index contributed by atoms with van der Waals surface area (Å²) >= 11 is 1.54. The van der Waals surface area contributed by atoms with Gasteiger partial charge in [-0.15, -0.1) is 22.1 Å². The molecule has 31 heavy (non-hydrogen) atoms. The molecule has 1 aliphatic heterocycles. The van der Waals surface area contributed by atoms with Crippen molar-refractivity contribution in [3.05, 3.63) is 0 Å². The Balaban J connectivity index is 2.90. The Morgan fingerprint density at radius 1 is 1.16 bits per heavy atom. The Hall–Kier alpha value is -0.800. The van der Waals surface area contributed by atoms with Crippen molar-refractivity contribution in [1.29, 1.82) is 0 Å². The van der Waals surface area contributed by atoms with Crippen molar-refractivity contribution >= 4 is 34.3 Å². The lowest BCUT2D eigenvalue weighted by Gasteiger charge is -2.51. The van der Waals surface area contributed by atoms with Gasteiger partial charge < -0.3 is 23.3 Å². The topological polar surface area (TPSA) is 74.3 Å². The summed E-state index contributed by atoms with van der Waals surface area (Å²) in [6, 6.07) is 0. The summed E-state index contributed by atoms with van der Waals surface area (Å²) in [5.41, 5.74) is -0.543. The number of hydrogen-bond acceptors (Lipinski definition) is 7. The molecule has 7 nitrogen and oxygen atoms in total. The van der Waals surface area contributed by atoms with E-state index in [-0.39, 0.29) is 34.2 Å². The molecule has 1 heterocycles. The highest BCUT2D eigenvalue weighted by Crippen LogP contribution is 2.58.